The highest BCUT2D eigenvalue weighted by molar-refractivity contribution is 7.90. The smallest absolute Gasteiger partial charge is 0.272 e. The van der Waals surface area contributed by atoms with Crippen molar-refractivity contribution in [1.29, 1.82) is 0 Å². The minimum absolute atomic E-state index is 0.210. The van der Waals surface area contributed by atoms with Crippen LogP contribution in [0.2, 0.25) is 0 Å². The Kier molecular flexibility index (Phi) is 7.39. The molecule has 10 heteroatoms. The molecule has 1 amide bonds. The van der Waals surface area contributed by atoms with Gasteiger partial charge in [-0.15, -0.1) is 6.58 Å². The van der Waals surface area contributed by atoms with Crippen LogP contribution in [0.1, 0.15) is 5.56 Å². The van der Waals surface area contributed by atoms with Gasteiger partial charge in [-0.3, -0.25) is 4.79 Å². The normalized spacial score (nSPS) is 12.3. The zero-order chi connectivity index (χ0) is 24.2. The molecule has 1 aromatic heterocycles. The number of sulfone groups is 1. The summed E-state index contributed by atoms with van der Waals surface area (Å²) in [6.45, 7) is 4.17. The van der Waals surface area contributed by atoms with Gasteiger partial charge < -0.3 is 18.8 Å². The van der Waals surface area contributed by atoms with E-state index in [1.54, 1.807) is 42.5 Å². The number of ether oxygens (including phenoxy) is 3. The number of rotatable bonds is 8. The number of benzene rings is 2. The average Bonchev–Trinajstić information content (AvgIpc) is 3.12. The van der Waals surface area contributed by atoms with Crippen molar-refractivity contribution in [2.45, 2.75) is 11.4 Å². The first-order valence-corrected chi connectivity index (χ1v) is 12.4. The molecule has 0 N–H and O–H groups in total. The van der Waals surface area contributed by atoms with Crippen LogP contribution < -0.4 is 19.0 Å². The summed E-state index contributed by atoms with van der Waals surface area (Å²) in [5.74, 6) is 0.917. The second-order valence-electron chi connectivity index (χ2n) is 6.93. The van der Waals surface area contributed by atoms with E-state index >= 15 is 0 Å². The quantitative estimate of drug-likeness (QED) is 0.356. The highest BCUT2D eigenvalue weighted by atomic mass is 32.2. The molecule has 0 spiro atoms. The van der Waals surface area contributed by atoms with Crippen LogP contribution in [-0.4, -0.2) is 46.5 Å². The zero-order valence-electron chi connectivity index (χ0n) is 18.7. The van der Waals surface area contributed by atoms with E-state index in [4.69, 9.17) is 14.2 Å². The minimum Gasteiger partial charge on any atom is -0.493 e. The number of fused-ring (bicyclic) bond motifs is 1. The number of allylic oxidation sites excluding steroid dienone is 1. The van der Waals surface area contributed by atoms with E-state index < -0.39 is 15.7 Å². The van der Waals surface area contributed by atoms with E-state index in [9.17, 15) is 13.2 Å². The summed E-state index contributed by atoms with van der Waals surface area (Å²) in [5.41, 5.74) is 1.44. The first-order valence-electron chi connectivity index (χ1n) is 9.73. The molecule has 0 aliphatic heterocycles. The number of nitrogens with zero attached hydrogens (tertiary/aromatic N) is 2. The van der Waals surface area contributed by atoms with Gasteiger partial charge in [0.15, 0.2) is 26.1 Å². The summed E-state index contributed by atoms with van der Waals surface area (Å²) in [5, 5.41) is 0. The molecule has 174 valence electrons. The Hall–Kier alpha value is -3.37. The predicted molar refractivity (Wildman–Crippen MR) is 129 cm³/mol. The summed E-state index contributed by atoms with van der Waals surface area (Å²) in [7, 11) is 1.19. The maximum Gasteiger partial charge on any atom is 0.272 e. The molecule has 0 unspecified atom stereocenters. The fourth-order valence-corrected chi connectivity index (χ4v) is 4.98. The standard InChI is InChI=1S/C23H24N2O6S2/c1-6-11-25-17-9-8-16(33(5,27)28)14-20(17)32-23(25)24-21(26)10-7-15-12-18(29-2)22(31-4)19(13-15)30-3/h6-10,12-14H,1,11H2,2-5H3/b10-7+,24-23?. The fourth-order valence-electron chi connectivity index (χ4n) is 3.17. The monoisotopic (exact) mass is 488 g/mol. The van der Waals surface area contributed by atoms with Gasteiger partial charge in [-0.05, 0) is 42.0 Å². The SMILES string of the molecule is C=CCn1c(=NC(=O)/C=C/c2cc(OC)c(OC)c(OC)c2)sc2cc(S(C)(=O)=O)ccc21. The highest BCUT2D eigenvalue weighted by Crippen LogP contribution is 2.38. The predicted octanol–water partition coefficient (Wildman–Crippen LogP) is 3.46. The van der Waals surface area contributed by atoms with E-state index in [2.05, 4.69) is 11.6 Å². The van der Waals surface area contributed by atoms with Crippen molar-refractivity contribution in [1.82, 2.24) is 4.57 Å². The number of aromatic nitrogens is 1. The van der Waals surface area contributed by atoms with Gasteiger partial charge in [0.05, 0.1) is 36.4 Å². The van der Waals surface area contributed by atoms with Crippen LogP contribution >= 0.6 is 11.3 Å². The van der Waals surface area contributed by atoms with Gasteiger partial charge >= 0.3 is 0 Å². The first kappa shape index (κ1) is 24.3. The van der Waals surface area contributed by atoms with Gasteiger partial charge in [-0.25, -0.2) is 8.42 Å². The van der Waals surface area contributed by atoms with Crippen LogP contribution in [0, 0.1) is 0 Å². The maximum atomic E-state index is 12.6. The van der Waals surface area contributed by atoms with Gasteiger partial charge in [0.1, 0.15) is 0 Å². The van der Waals surface area contributed by atoms with Gasteiger partial charge in [0.2, 0.25) is 5.75 Å². The van der Waals surface area contributed by atoms with E-state index in [1.807, 2.05) is 4.57 Å². The Bertz CT molecular complexity index is 1390. The molecule has 3 rings (SSSR count). The summed E-state index contributed by atoms with van der Waals surface area (Å²) in [6, 6.07) is 8.27. The van der Waals surface area contributed by atoms with Crippen LogP contribution in [0.4, 0.5) is 0 Å². The van der Waals surface area contributed by atoms with Gasteiger partial charge in [-0.1, -0.05) is 17.4 Å². The van der Waals surface area contributed by atoms with E-state index in [0.717, 1.165) is 11.8 Å². The number of hydrogen-bond acceptors (Lipinski definition) is 7. The summed E-state index contributed by atoms with van der Waals surface area (Å²) in [4.78, 5) is 17.5. The van der Waals surface area contributed by atoms with E-state index in [-0.39, 0.29) is 4.90 Å². The van der Waals surface area contributed by atoms with Crippen LogP contribution in [0.15, 0.2) is 59.0 Å². The molecule has 3 aromatic rings. The van der Waals surface area contributed by atoms with Gasteiger partial charge in [0.25, 0.3) is 5.91 Å². The lowest BCUT2D eigenvalue weighted by atomic mass is 10.1. The Morgan fingerprint density at radius 1 is 1.12 bits per heavy atom. The summed E-state index contributed by atoms with van der Waals surface area (Å²) < 4.78 is 42.3. The highest BCUT2D eigenvalue weighted by Gasteiger charge is 2.13. The third-order valence-electron chi connectivity index (χ3n) is 4.71. The number of carbonyl (C=O) groups is 1. The van der Waals surface area contributed by atoms with Gasteiger partial charge in [0, 0.05) is 18.9 Å². The molecule has 2 aromatic carbocycles. The third kappa shape index (κ3) is 5.35. The molecule has 0 fully saturated rings. The molecule has 0 aliphatic carbocycles. The third-order valence-corrected chi connectivity index (χ3v) is 6.86. The van der Waals surface area contributed by atoms with Crippen LogP contribution in [0.3, 0.4) is 0 Å². The number of methoxy groups -OCH3 is 3. The van der Waals surface area contributed by atoms with Crippen molar-refractivity contribution >= 4 is 43.4 Å². The summed E-state index contributed by atoms with van der Waals surface area (Å²) >= 11 is 1.23. The molecule has 0 bridgehead atoms. The fraction of sp³-hybridized carbons (Fsp3) is 0.217. The molecular weight excluding hydrogens is 464 g/mol. The van der Waals surface area contributed by atoms with E-state index in [1.165, 1.54) is 38.7 Å². The lowest BCUT2D eigenvalue weighted by Crippen LogP contribution is -2.15. The van der Waals surface area contributed by atoms with Crippen molar-refractivity contribution in [2.75, 3.05) is 27.6 Å². The van der Waals surface area contributed by atoms with E-state index in [0.29, 0.717) is 38.9 Å². The Balaban J connectivity index is 2.01. The van der Waals surface area contributed by atoms with Crippen molar-refractivity contribution in [2.24, 2.45) is 4.99 Å². The zero-order valence-corrected chi connectivity index (χ0v) is 20.3. The number of carbonyl (C=O) groups excluding carboxylic acids is 1. The number of thiazole rings is 1. The lowest BCUT2D eigenvalue weighted by Gasteiger charge is -2.12. The van der Waals surface area contributed by atoms with Gasteiger partial charge in [-0.2, -0.15) is 4.99 Å². The van der Waals surface area contributed by atoms with Crippen molar-refractivity contribution in [3.05, 3.63) is 59.4 Å². The minimum atomic E-state index is -3.35. The van der Waals surface area contributed by atoms with Crippen LogP contribution in [0.25, 0.3) is 16.3 Å². The lowest BCUT2D eigenvalue weighted by molar-refractivity contribution is -0.113. The summed E-state index contributed by atoms with van der Waals surface area (Å²) in [6.07, 6.45) is 5.78. The number of amides is 1. The second kappa shape index (κ2) is 10.1. The largest absolute Gasteiger partial charge is 0.493 e. The second-order valence-corrected chi connectivity index (χ2v) is 9.95. The maximum absolute atomic E-state index is 12.6. The van der Waals surface area contributed by atoms with Crippen LogP contribution in [-0.2, 0) is 21.2 Å². The van der Waals surface area contributed by atoms with Crippen molar-refractivity contribution < 1.29 is 27.4 Å². The topological polar surface area (TPSA) is 96.2 Å². The molecule has 0 radical (unpaired) electrons. The Morgan fingerprint density at radius 3 is 2.33 bits per heavy atom. The molecular formula is C23H24N2O6S2. The van der Waals surface area contributed by atoms with Crippen molar-refractivity contribution in [3.8, 4) is 17.2 Å². The Morgan fingerprint density at radius 2 is 1.79 bits per heavy atom. The van der Waals surface area contributed by atoms with Crippen molar-refractivity contribution in [3.63, 3.8) is 0 Å². The molecule has 1 heterocycles. The molecule has 33 heavy (non-hydrogen) atoms. The molecule has 0 saturated heterocycles. The molecule has 8 nitrogen and oxygen atoms in total. The Labute approximate surface area is 196 Å². The molecule has 0 saturated carbocycles. The molecule has 0 aliphatic rings. The number of hydrogen-bond donors (Lipinski definition) is 0. The first-order chi connectivity index (χ1) is 15.7. The average molecular weight is 489 g/mol. The van der Waals surface area contributed by atoms with Crippen LogP contribution in [0.5, 0.6) is 17.2 Å². The molecule has 0 atom stereocenters.